The minimum atomic E-state index is -1.11. The maximum absolute atomic E-state index is 11.6. The molecule has 2 aromatic rings. The van der Waals surface area contributed by atoms with Crippen LogP contribution in [0, 0.1) is 17.0 Å². The van der Waals surface area contributed by atoms with Gasteiger partial charge in [-0.25, -0.2) is 0 Å². The van der Waals surface area contributed by atoms with Crippen LogP contribution in [0.3, 0.4) is 0 Å². The van der Waals surface area contributed by atoms with Crippen molar-refractivity contribution in [2.45, 2.75) is 38.1 Å². The Kier molecular flexibility index (Phi) is 3.60. The van der Waals surface area contributed by atoms with E-state index in [9.17, 15) is 14.9 Å². The highest BCUT2D eigenvalue weighted by Crippen LogP contribution is 2.44. The highest BCUT2D eigenvalue weighted by molar-refractivity contribution is 5.95. The van der Waals surface area contributed by atoms with E-state index in [2.05, 4.69) is 0 Å². The first kappa shape index (κ1) is 15.5. The van der Waals surface area contributed by atoms with E-state index in [1.54, 1.807) is 6.07 Å². The molecule has 1 aromatic carbocycles. The van der Waals surface area contributed by atoms with Crippen molar-refractivity contribution >= 4 is 22.6 Å². The molecule has 0 saturated heterocycles. The van der Waals surface area contributed by atoms with E-state index in [0.717, 1.165) is 29.6 Å². The quantitative estimate of drug-likeness (QED) is 0.649. The molecule has 122 valence electrons. The van der Waals surface area contributed by atoms with Crippen LogP contribution >= 0.6 is 0 Å². The lowest BCUT2D eigenvalue weighted by Crippen LogP contribution is -2.32. The zero-order valence-corrected chi connectivity index (χ0v) is 13.1. The molecule has 1 aliphatic rings. The molecule has 0 radical (unpaired) electrons. The number of aryl methyl sites for hydroxylation is 1. The minimum absolute atomic E-state index is 0.0423. The Morgan fingerprint density at radius 3 is 2.70 bits per heavy atom. The van der Waals surface area contributed by atoms with E-state index in [0.29, 0.717) is 16.9 Å². The first-order valence-corrected chi connectivity index (χ1v) is 7.55. The molecule has 1 unspecified atom stereocenters. The molecule has 0 bridgehead atoms. The van der Waals surface area contributed by atoms with Gasteiger partial charge in [-0.1, -0.05) is 0 Å². The molecule has 23 heavy (non-hydrogen) atoms. The Hall–Kier alpha value is -2.41. The molecule has 0 spiro atoms. The molecule has 1 aromatic heterocycles. The normalized spacial score (nSPS) is 15.8. The number of carboxylic acids is 1. The highest BCUT2D eigenvalue weighted by Gasteiger charge is 2.30. The summed E-state index contributed by atoms with van der Waals surface area (Å²) < 4.78 is 1.89. The first-order chi connectivity index (χ1) is 10.8. The number of carbonyl (C=O) groups is 1. The lowest BCUT2D eigenvalue weighted by Gasteiger charge is -2.07. The van der Waals surface area contributed by atoms with Gasteiger partial charge in [0, 0.05) is 25.2 Å². The van der Waals surface area contributed by atoms with E-state index >= 15 is 0 Å². The van der Waals surface area contributed by atoms with Crippen LogP contribution in [-0.4, -0.2) is 26.6 Å². The predicted molar refractivity (Wildman–Crippen MR) is 85.6 cm³/mol. The van der Waals surface area contributed by atoms with Gasteiger partial charge in [0.2, 0.25) is 0 Å². The van der Waals surface area contributed by atoms with Crippen LogP contribution in [0.2, 0.25) is 0 Å². The Morgan fingerprint density at radius 1 is 1.52 bits per heavy atom. The van der Waals surface area contributed by atoms with Crippen LogP contribution < -0.4 is 5.73 Å². The largest absolute Gasteiger partial charge is 0.480 e. The molecular formula is C16H19N3O4. The number of carboxylic acid groups (broad SMARTS) is 1. The van der Waals surface area contributed by atoms with Crippen molar-refractivity contribution in [3.63, 3.8) is 0 Å². The van der Waals surface area contributed by atoms with E-state index in [-0.39, 0.29) is 17.0 Å². The molecule has 7 heteroatoms. The summed E-state index contributed by atoms with van der Waals surface area (Å²) in [7, 11) is 1.84. The van der Waals surface area contributed by atoms with Gasteiger partial charge in [0.15, 0.2) is 0 Å². The van der Waals surface area contributed by atoms with Gasteiger partial charge >= 0.3 is 5.97 Å². The topological polar surface area (TPSA) is 111 Å². The first-order valence-electron chi connectivity index (χ1n) is 7.55. The van der Waals surface area contributed by atoms with Gasteiger partial charge < -0.3 is 15.4 Å². The van der Waals surface area contributed by atoms with Crippen LogP contribution in [0.25, 0.3) is 10.9 Å². The molecule has 3 rings (SSSR count). The molecule has 1 atom stereocenters. The number of aromatic nitrogens is 1. The summed E-state index contributed by atoms with van der Waals surface area (Å²) in [6, 6.07) is 2.54. The van der Waals surface area contributed by atoms with Crippen molar-refractivity contribution in [2.24, 2.45) is 12.8 Å². The second-order valence-corrected chi connectivity index (χ2v) is 6.24. The maximum atomic E-state index is 11.6. The Morgan fingerprint density at radius 2 is 2.17 bits per heavy atom. The predicted octanol–water partition coefficient (Wildman–Crippen LogP) is 2.23. The summed E-state index contributed by atoms with van der Waals surface area (Å²) >= 11 is 0. The third-order valence-corrected chi connectivity index (χ3v) is 4.71. The summed E-state index contributed by atoms with van der Waals surface area (Å²) in [5, 5.41) is 21.1. The van der Waals surface area contributed by atoms with Crippen LogP contribution in [0.4, 0.5) is 5.69 Å². The van der Waals surface area contributed by atoms with Crippen molar-refractivity contribution in [3.8, 4) is 0 Å². The highest BCUT2D eigenvalue weighted by atomic mass is 16.6. The van der Waals surface area contributed by atoms with Gasteiger partial charge in [0.1, 0.15) is 6.04 Å². The summed E-state index contributed by atoms with van der Waals surface area (Å²) in [5.74, 6) is -0.711. The average molecular weight is 317 g/mol. The number of nitro benzene ring substituents is 1. The zero-order valence-electron chi connectivity index (χ0n) is 13.1. The molecular weight excluding hydrogens is 298 g/mol. The minimum Gasteiger partial charge on any atom is -0.480 e. The number of rotatable bonds is 5. The van der Waals surface area contributed by atoms with Crippen LogP contribution in [0.1, 0.15) is 35.6 Å². The third kappa shape index (κ3) is 2.57. The standard InChI is InChI=1S/C16H19N3O4/c1-8-11(7-12(17)16(20)21)15-13(18(8)2)5-10(9-3-4-9)6-14(15)19(22)23/h5-6,9,12H,3-4,7,17H2,1-2H3,(H,20,21). The van der Waals surface area contributed by atoms with Crippen molar-refractivity contribution in [2.75, 3.05) is 0 Å². The summed E-state index contributed by atoms with van der Waals surface area (Å²) in [4.78, 5) is 22.2. The molecule has 0 aliphatic heterocycles. The Balaban J connectivity index is 2.25. The number of hydrogen-bond acceptors (Lipinski definition) is 4. The molecule has 1 heterocycles. The number of benzene rings is 1. The molecule has 1 aliphatic carbocycles. The molecule has 3 N–H and O–H groups in total. The lowest BCUT2D eigenvalue weighted by atomic mass is 9.99. The van der Waals surface area contributed by atoms with Crippen LogP contribution in [0.5, 0.6) is 0 Å². The monoisotopic (exact) mass is 317 g/mol. The van der Waals surface area contributed by atoms with Gasteiger partial charge in [-0.2, -0.15) is 0 Å². The van der Waals surface area contributed by atoms with Gasteiger partial charge in [0.05, 0.1) is 15.8 Å². The molecule has 7 nitrogen and oxygen atoms in total. The maximum Gasteiger partial charge on any atom is 0.320 e. The van der Waals surface area contributed by atoms with Crippen molar-refractivity contribution in [1.29, 1.82) is 0 Å². The third-order valence-electron chi connectivity index (χ3n) is 4.71. The van der Waals surface area contributed by atoms with Gasteiger partial charge in [0.25, 0.3) is 5.69 Å². The van der Waals surface area contributed by atoms with Gasteiger partial charge in [-0.05, 0) is 42.9 Å². The lowest BCUT2D eigenvalue weighted by molar-refractivity contribution is -0.383. The number of nitrogens with zero attached hydrogens (tertiary/aromatic N) is 2. The molecule has 0 amide bonds. The second-order valence-electron chi connectivity index (χ2n) is 6.24. The van der Waals surface area contributed by atoms with E-state index < -0.39 is 12.0 Å². The number of fused-ring (bicyclic) bond motifs is 1. The smallest absolute Gasteiger partial charge is 0.320 e. The summed E-state index contributed by atoms with van der Waals surface area (Å²) in [5.41, 5.74) is 8.91. The Labute approximate surface area is 132 Å². The zero-order chi connectivity index (χ0) is 16.9. The fourth-order valence-electron chi connectivity index (χ4n) is 3.12. The van der Waals surface area contributed by atoms with Crippen LogP contribution in [0.15, 0.2) is 12.1 Å². The molecule has 1 fully saturated rings. The van der Waals surface area contributed by atoms with Crippen molar-refractivity contribution in [3.05, 3.63) is 39.1 Å². The summed E-state index contributed by atoms with van der Waals surface area (Å²) in [6.45, 7) is 1.84. The van der Waals surface area contributed by atoms with Crippen molar-refractivity contribution in [1.82, 2.24) is 4.57 Å². The Bertz CT molecular complexity index is 821. The van der Waals surface area contributed by atoms with E-state index in [1.165, 1.54) is 0 Å². The van der Waals surface area contributed by atoms with E-state index in [4.69, 9.17) is 10.8 Å². The fraction of sp³-hybridized carbons (Fsp3) is 0.438. The van der Waals surface area contributed by atoms with Gasteiger partial charge in [-0.15, -0.1) is 0 Å². The van der Waals surface area contributed by atoms with E-state index in [1.807, 2.05) is 24.6 Å². The SMILES string of the molecule is Cc1c(CC(N)C(=O)O)c2c([N+](=O)[O-])cc(C3CC3)cc2n1C. The number of aliphatic carboxylic acids is 1. The fourth-order valence-corrected chi connectivity index (χ4v) is 3.12. The number of non-ortho nitro benzene ring substituents is 1. The summed E-state index contributed by atoms with van der Waals surface area (Å²) in [6.07, 6.45) is 2.19. The number of nitrogens with two attached hydrogens (primary N) is 1. The number of nitro groups is 1. The molecule has 1 saturated carbocycles. The number of hydrogen-bond donors (Lipinski definition) is 2. The van der Waals surface area contributed by atoms with Crippen molar-refractivity contribution < 1.29 is 14.8 Å². The second kappa shape index (κ2) is 5.34. The van der Waals surface area contributed by atoms with Crippen LogP contribution in [-0.2, 0) is 18.3 Å². The van der Waals surface area contributed by atoms with Gasteiger partial charge in [-0.3, -0.25) is 14.9 Å². The average Bonchev–Trinajstić information content (AvgIpc) is 3.31.